The van der Waals surface area contributed by atoms with Crippen LogP contribution in [0.4, 0.5) is 10.5 Å². The SMILES string of the molecule is Cc1cc(Cl)c2ccccc2c1NC(=O)N1CC[C@@H]2CC[C@@H](O)[C@@H]21. The van der Waals surface area contributed by atoms with E-state index in [1.807, 2.05) is 42.2 Å². The molecule has 2 aromatic carbocycles. The first kappa shape index (κ1) is 15.7. The zero-order valence-corrected chi connectivity index (χ0v) is 14.4. The topological polar surface area (TPSA) is 52.6 Å². The van der Waals surface area contributed by atoms with E-state index in [0.717, 1.165) is 41.3 Å². The zero-order valence-electron chi connectivity index (χ0n) is 13.6. The number of fused-ring (bicyclic) bond motifs is 2. The van der Waals surface area contributed by atoms with E-state index >= 15 is 0 Å². The molecular weight excluding hydrogens is 324 g/mol. The summed E-state index contributed by atoms with van der Waals surface area (Å²) in [6.07, 6.45) is 2.39. The summed E-state index contributed by atoms with van der Waals surface area (Å²) in [5, 5.41) is 15.8. The molecule has 0 radical (unpaired) electrons. The molecule has 2 fully saturated rings. The van der Waals surface area contributed by atoms with Crippen molar-refractivity contribution < 1.29 is 9.90 Å². The molecule has 0 aromatic heterocycles. The Bertz CT molecular complexity index is 807. The first-order valence-corrected chi connectivity index (χ1v) is 8.87. The summed E-state index contributed by atoms with van der Waals surface area (Å²) in [5.74, 6) is 0.439. The van der Waals surface area contributed by atoms with Crippen LogP contribution >= 0.6 is 11.6 Å². The summed E-state index contributed by atoms with van der Waals surface area (Å²) in [7, 11) is 0. The lowest BCUT2D eigenvalue weighted by atomic mass is 10.0. The number of aliphatic hydroxyl groups is 1. The summed E-state index contributed by atoms with van der Waals surface area (Å²) in [6, 6.07) is 9.54. The maximum Gasteiger partial charge on any atom is 0.322 e. The molecule has 4 rings (SSSR count). The van der Waals surface area contributed by atoms with Gasteiger partial charge in [-0.05, 0) is 43.7 Å². The monoisotopic (exact) mass is 344 g/mol. The lowest BCUT2D eigenvalue weighted by Gasteiger charge is -2.27. The summed E-state index contributed by atoms with van der Waals surface area (Å²) in [5.41, 5.74) is 1.74. The molecule has 2 aliphatic rings. The number of hydrogen-bond donors (Lipinski definition) is 2. The van der Waals surface area contributed by atoms with Crippen LogP contribution in [0.5, 0.6) is 0 Å². The van der Waals surface area contributed by atoms with Crippen LogP contribution in [-0.4, -0.2) is 34.7 Å². The molecule has 2 amide bonds. The Kier molecular flexibility index (Phi) is 3.89. The number of urea groups is 1. The number of amides is 2. The van der Waals surface area contributed by atoms with Crippen molar-refractivity contribution in [1.29, 1.82) is 0 Å². The van der Waals surface area contributed by atoms with Gasteiger partial charge in [0, 0.05) is 22.3 Å². The molecule has 5 heteroatoms. The Morgan fingerprint density at radius 1 is 1.25 bits per heavy atom. The Hall–Kier alpha value is -1.78. The molecule has 1 aliphatic carbocycles. The molecule has 0 spiro atoms. The van der Waals surface area contributed by atoms with Gasteiger partial charge in [0.2, 0.25) is 0 Å². The maximum atomic E-state index is 12.9. The molecule has 1 aliphatic heterocycles. The van der Waals surface area contributed by atoms with Gasteiger partial charge in [0.05, 0.1) is 17.8 Å². The number of nitrogens with one attached hydrogen (secondary N) is 1. The van der Waals surface area contributed by atoms with E-state index in [2.05, 4.69) is 5.32 Å². The molecule has 0 bridgehead atoms. The van der Waals surface area contributed by atoms with Crippen molar-refractivity contribution in [3.8, 4) is 0 Å². The molecule has 2 N–H and O–H groups in total. The average Bonchev–Trinajstić information content (AvgIpc) is 3.15. The smallest absolute Gasteiger partial charge is 0.322 e. The number of anilines is 1. The van der Waals surface area contributed by atoms with E-state index < -0.39 is 6.10 Å². The molecule has 3 atom stereocenters. The van der Waals surface area contributed by atoms with Gasteiger partial charge in [-0.25, -0.2) is 4.79 Å². The minimum absolute atomic E-state index is 0.0381. The van der Waals surface area contributed by atoms with Crippen molar-refractivity contribution in [3.63, 3.8) is 0 Å². The average molecular weight is 345 g/mol. The molecule has 1 heterocycles. The van der Waals surface area contributed by atoms with E-state index in [1.54, 1.807) is 0 Å². The van der Waals surface area contributed by atoms with Gasteiger partial charge >= 0.3 is 6.03 Å². The van der Waals surface area contributed by atoms with E-state index in [0.29, 0.717) is 17.5 Å². The van der Waals surface area contributed by atoms with Crippen LogP contribution in [0.3, 0.4) is 0 Å². The predicted molar refractivity (Wildman–Crippen MR) is 96.6 cm³/mol. The number of rotatable bonds is 1. The number of halogens is 1. The van der Waals surface area contributed by atoms with Gasteiger partial charge in [0.15, 0.2) is 0 Å². The van der Waals surface area contributed by atoms with Crippen molar-refractivity contribution in [3.05, 3.63) is 40.9 Å². The van der Waals surface area contributed by atoms with Crippen LogP contribution in [0.15, 0.2) is 30.3 Å². The third-order valence-electron chi connectivity index (χ3n) is 5.50. The summed E-state index contributed by atoms with van der Waals surface area (Å²) in [4.78, 5) is 14.7. The van der Waals surface area contributed by atoms with Gasteiger partial charge in [-0.1, -0.05) is 35.9 Å². The number of benzene rings is 2. The van der Waals surface area contributed by atoms with Gasteiger partial charge in [-0.3, -0.25) is 0 Å². The van der Waals surface area contributed by atoms with Crippen molar-refractivity contribution >= 4 is 34.1 Å². The van der Waals surface area contributed by atoms with E-state index in [1.165, 1.54) is 0 Å². The van der Waals surface area contributed by atoms with Crippen LogP contribution in [0.2, 0.25) is 5.02 Å². The fourth-order valence-electron chi connectivity index (χ4n) is 4.32. The maximum absolute atomic E-state index is 12.9. The number of likely N-dealkylation sites (tertiary alicyclic amines) is 1. The third kappa shape index (κ3) is 2.45. The molecule has 0 unspecified atom stereocenters. The number of aryl methyl sites for hydroxylation is 1. The van der Waals surface area contributed by atoms with Crippen LogP contribution in [0.25, 0.3) is 10.8 Å². The van der Waals surface area contributed by atoms with Gasteiger partial charge in [0.25, 0.3) is 0 Å². The highest BCUT2D eigenvalue weighted by Crippen LogP contribution is 2.39. The zero-order chi connectivity index (χ0) is 16.8. The van der Waals surface area contributed by atoms with Crippen molar-refractivity contribution in [2.24, 2.45) is 5.92 Å². The van der Waals surface area contributed by atoms with Gasteiger partial charge in [0.1, 0.15) is 0 Å². The standard InChI is InChI=1S/C19H21ClN2O2/c1-11-10-15(20)13-4-2-3-5-14(13)17(11)21-19(24)22-9-8-12-6-7-16(23)18(12)22/h2-5,10,12,16,18,23H,6-9H2,1H3,(H,21,24)/t12-,16+,18+/m0/s1. The van der Waals surface area contributed by atoms with Crippen LogP contribution in [0, 0.1) is 12.8 Å². The quantitative estimate of drug-likeness (QED) is 0.815. The van der Waals surface area contributed by atoms with Crippen molar-refractivity contribution in [1.82, 2.24) is 4.90 Å². The predicted octanol–water partition coefficient (Wildman–Crippen LogP) is 4.18. The summed E-state index contributed by atoms with van der Waals surface area (Å²) in [6.45, 7) is 2.66. The first-order valence-electron chi connectivity index (χ1n) is 8.50. The van der Waals surface area contributed by atoms with E-state index in [-0.39, 0.29) is 12.1 Å². The Morgan fingerprint density at radius 3 is 2.79 bits per heavy atom. The Labute approximate surface area is 146 Å². The Balaban J connectivity index is 1.66. The minimum Gasteiger partial charge on any atom is -0.391 e. The number of hydrogen-bond acceptors (Lipinski definition) is 2. The molecule has 126 valence electrons. The molecule has 24 heavy (non-hydrogen) atoms. The number of carbonyl (C=O) groups is 1. The van der Waals surface area contributed by atoms with Gasteiger partial charge < -0.3 is 15.3 Å². The largest absolute Gasteiger partial charge is 0.391 e. The third-order valence-corrected chi connectivity index (χ3v) is 5.81. The number of aliphatic hydroxyl groups excluding tert-OH is 1. The van der Waals surface area contributed by atoms with E-state index in [4.69, 9.17) is 11.6 Å². The van der Waals surface area contributed by atoms with Crippen molar-refractivity contribution in [2.75, 3.05) is 11.9 Å². The second-order valence-corrected chi connectivity index (χ2v) is 7.31. The minimum atomic E-state index is -0.397. The van der Waals surface area contributed by atoms with Gasteiger partial charge in [-0.2, -0.15) is 0 Å². The lowest BCUT2D eigenvalue weighted by molar-refractivity contribution is 0.101. The lowest BCUT2D eigenvalue weighted by Crippen LogP contribution is -2.44. The fourth-order valence-corrected chi connectivity index (χ4v) is 4.64. The normalized spacial score (nSPS) is 26.0. The highest BCUT2D eigenvalue weighted by molar-refractivity contribution is 6.36. The second kappa shape index (κ2) is 5.94. The first-order chi connectivity index (χ1) is 11.6. The summed E-state index contributed by atoms with van der Waals surface area (Å²) < 4.78 is 0. The highest BCUT2D eigenvalue weighted by atomic mass is 35.5. The van der Waals surface area contributed by atoms with Crippen LogP contribution < -0.4 is 5.32 Å². The molecular formula is C19H21ClN2O2. The molecule has 4 nitrogen and oxygen atoms in total. The number of nitrogens with zero attached hydrogens (tertiary/aromatic N) is 1. The molecule has 1 saturated heterocycles. The van der Waals surface area contributed by atoms with E-state index in [9.17, 15) is 9.90 Å². The summed E-state index contributed by atoms with van der Waals surface area (Å²) >= 11 is 6.33. The van der Waals surface area contributed by atoms with Crippen LogP contribution in [0.1, 0.15) is 24.8 Å². The fraction of sp³-hybridized carbons (Fsp3) is 0.421. The van der Waals surface area contributed by atoms with Crippen molar-refractivity contribution in [2.45, 2.75) is 38.3 Å². The van der Waals surface area contributed by atoms with Crippen LogP contribution in [-0.2, 0) is 0 Å². The molecule has 1 saturated carbocycles. The molecule has 2 aromatic rings. The highest BCUT2D eigenvalue weighted by Gasteiger charge is 2.45. The number of carbonyl (C=O) groups excluding carboxylic acids is 1. The second-order valence-electron chi connectivity index (χ2n) is 6.90. The van der Waals surface area contributed by atoms with Gasteiger partial charge in [-0.15, -0.1) is 0 Å². The Morgan fingerprint density at radius 2 is 2.00 bits per heavy atom.